The molecule has 1 rings (SSSR count). The molecule has 0 saturated carbocycles. The van der Waals surface area contributed by atoms with Gasteiger partial charge in [0.05, 0.1) is 6.10 Å². The summed E-state index contributed by atoms with van der Waals surface area (Å²) in [6, 6.07) is 0.663. The lowest BCUT2D eigenvalue weighted by atomic mass is 10.2. The number of hydrogen-bond acceptors (Lipinski definition) is 4. The zero-order valence-electron chi connectivity index (χ0n) is 10.2. The van der Waals surface area contributed by atoms with Crippen LogP contribution in [0.3, 0.4) is 0 Å². The number of aliphatic hydroxyl groups excluding tert-OH is 1. The maximum absolute atomic E-state index is 9.64. The van der Waals surface area contributed by atoms with Crippen molar-refractivity contribution >= 4 is 0 Å². The highest BCUT2D eigenvalue weighted by Crippen LogP contribution is 2.13. The van der Waals surface area contributed by atoms with Crippen molar-refractivity contribution in [1.82, 2.24) is 15.1 Å². The molecule has 90 valence electrons. The van der Waals surface area contributed by atoms with E-state index in [1.807, 2.05) is 19.0 Å². The van der Waals surface area contributed by atoms with Gasteiger partial charge in [0.15, 0.2) is 0 Å². The van der Waals surface area contributed by atoms with Crippen molar-refractivity contribution < 1.29 is 5.11 Å². The predicted molar refractivity (Wildman–Crippen MR) is 63.1 cm³/mol. The Morgan fingerprint density at radius 3 is 2.80 bits per heavy atom. The van der Waals surface area contributed by atoms with Gasteiger partial charge in [-0.3, -0.25) is 0 Å². The van der Waals surface area contributed by atoms with Gasteiger partial charge in [0.25, 0.3) is 0 Å². The van der Waals surface area contributed by atoms with Crippen molar-refractivity contribution in [3.8, 4) is 0 Å². The Morgan fingerprint density at radius 2 is 2.27 bits per heavy atom. The Kier molecular flexibility index (Phi) is 5.53. The fourth-order valence-electron chi connectivity index (χ4n) is 2.14. The molecule has 1 aliphatic heterocycles. The highest BCUT2D eigenvalue weighted by molar-refractivity contribution is 4.78. The molecule has 0 aromatic rings. The zero-order valence-corrected chi connectivity index (χ0v) is 10.2. The molecule has 1 aliphatic rings. The first kappa shape index (κ1) is 12.9. The molecule has 0 spiro atoms. The van der Waals surface area contributed by atoms with E-state index in [0.717, 1.165) is 13.1 Å². The summed E-state index contributed by atoms with van der Waals surface area (Å²) in [4.78, 5) is 4.40. The van der Waals surface area contributed by atoms with Gasteiger partial charge < -0.3 is 20.2 Å². The van der Waals surface area contributed by atoms with E-state index < -0.39 is 0 Å². The van der Waals surface area contributed by atoms with Crippen molar-refractivity contribution in [3.05, 3.63) is 0 Å². The summed E-state index contributed by atoms with van der Waals surface area (Å²) in [5.41, 5.74) is 0. The standard InChI is InChI=1S/C11H25N3O/c1-13(2)9-11(15)8-12-7-10-5-4-6-14(10)3/h10-12,15H,4-9H2,1-3H3. The van der Waals surface area contributed by atoms with E-state index in [2.05, 4.69) is 17.3 Å². The van der Waals surface area contributed by atoms with Crippen molar-refractivity contribution in [2.24, 2.45) is 0 Å². The van der Waals surface area contributed by atoms with Crippen LogP contribution in [0.5, 0.6) is 0 Å². The molecule has 1 saturated heterocycles. The maximum Gasteiger partial charge on any atom is 0.0791 e. The average Bonchev–Trinajstić information content (AvgIpc) is 2.50. The number of nitrogens with zero attached hydrogens (tertiary/aromatic N) is 2. The summed E-state index contributed by atoms with van der Waals surface area (Å²) in [7, 11) is 6.14. The minimum atomic E-state index is -0.258. The summed E-state index contributed by atoms with van der Waals surface area (Å²) in [6.45, 7) is 3.64. The molecule has 0 bridgehead atoms. The Bertz CT molecular complexity index is 175. The van der Waals surface area contributed by atoms with Gasteiger partial charge in [0, 0.05) is 25.7 Å². The van der Waals surface area contributed by atoms with Gasteiger partial charge in [-0.2, -0.15) is 0 Å². The highest BCUT2D eigenvalue weighted by atomic mass is 16.3. The normalized spacial score (nSPS) is 25.0. The van der Waals surface area contributed by atoms with Gasteiger partial charge in [-0.15, -0.1) is 0 Å². The fourth-order valence-corrected chi connectivity index (χ4v) is 2.14. The molecule has 0 aliphatic carbocycles. The highest BCUT2D eigenvalue weighted by Gasteiger charge is 2.20. The van der Waals surface area contributed by atoms with Crippen LogP contribution in [0.2, 0.25) is 0 Å². The van der Waals surface area contributed by atoms with Gasteiger partial charge in [0.1, 0.15) is 0 Å². The second-order valence-electron chi connectivity index (χ2n) is 4.85. The summed E-state index contributed by atoms with van der Waals surface area (Å²) in [5.74, 6) is 0. The Morgan fingerprint density at radius 1 is 1.53 bits per heavy atom. The van der Waals surface area contributed by atoms with Gasteiger partial charge in [-0.1, -0.05) is 0 Å². The Balaban J connectivity index is 2.05. The third-order valence-corrected chi connectivity index (χ3v) is 3.01. The van der Waals surface area contributed by atoms with Crippen LogP contribution in [-0.4, -0.2) is 74.4 Å². The first-order valence-corrected chi connectivity index (χ1v) is 5.83. The molecule has 4 nitrogen and oxygen atoms in total. The smallest absolute Gasteiger partial charge is 0.0791 e. The first-order chi connectivity index (χ1) is 7.09. The van der Waals surface area contributed by atoms with E-state index in [0.29, 0.717) is 12.6 Å². The van der Waals surface area contributed by atoms with Crippen LogP contribution in [0.1, 0.15) is 12.8 Å². The number of rotatable bonds is 6. The SMILES string of the molecule is CN(C)CC(O)CNCC1CCCN1C. The lowest BCUT2D eigenvalue weighted by molar-refractivity contribution is 0.132. The number of likely N-dealkylation sites (tertiary alicyclic amines) is 1. The average molecular weight is 215 g/mol. The molecule has 4 heteroatoms. The summed E-state index contributed by atoms with van der Waals surface area (Å²) >= 11 is 0. The van der Waals surface area contributed by atoms with Crippen molar-refractivity contribution in [3.63, 3.8) is 0 Å². The number of likely N-dealkylation sites (N-methyl/N-ethyl adjacent to an activating group) is 2. The van der Waals surface area contributed by atoms with E-state index in [9.17, 15) is 5.11 Å². The number of nitrogens with one attached hydrogen (secondary N) is 1. The monoisotopic (exact) mass is 215 g/mol. The number of hydrogen-bond donors (Lipinski definition) is 2. The zero-order chi connectivity index (χ0) is 11.3. The summed E-state index contributed by atoms with van der Waals surface area (Å²) in [5, 5.41) is 13.0. The molecule has 0 amide bonds. The van der Waals surface area contributed by atoms with E-state index in [1.54, 1.807) is 0 Å². The molecule has 2 atom stereocenters. The van der Waals surface area contributed by atoms with Gasteiger partial charge in [0.2, 0.25) is 0 Å². The third kappa shape index (κ3) is 4.93. The molecule has 15 heavy (non-hydrogen) atoms. The molecular formula is C11H25N3O. The van der Waals surface area contributed by atoms with Crippen LogP contribution in [0, 0.1) is 0 Å². The molecule has 0 radical (unpaired) electrons. The van der Waals surface area contributed by atoms with Crippen molar-refractivity contribution in [1.29, 1.82) is 0 Å². The van der Waals surface area contributed by atoms with Crippen molar-refractivity contribution in [2.45, 2.75) is 25.0 Å². The minimum absolute atomic E-state index is 0.258. The fraction of sp³-hybridized carbons (Fsp3) is 1.00. The van der Waals surface area contributed by atoms with E-state index in [1.165, 1.54) is 19.4 Å². The predicted octanol–water partition coefficient (Wildman–Crippen LogP) is -0.407. The van der Waals surface area contributed by atoms with Gasteiger partial charge in [-0.25, -0.2) is 0 Å². The Labute approximate surface area is 93.2 Å². The lowest BCUT2D eigenvalue weighted by Crippen LogP contribution is -2.41. The van der Waals surface area contributed by atoms with Crippen LogP contribution in [0.4, 0.5) is 0 Å². The van der Waals surface area contributed by atoms with E-state index >= 15 is 0 Å². The van der Waals surface area contributed by atoms with Crippen LogP contribution in [0.25, 0.3) is 0 Å². The molecule has 0 aromatic carbocycles. The largest absolute Gasteiger partial charge is 0.390 e. The van der Waals surface area contributed by atoms with Crippen LogP contribution in [0.15, 0.2) is 0 Å². The molecule has 2 N–H and O–H groups in total. The molecule has 1 heterocycles. The second-order valence-corrected chi connectivity index (χ2v) is 4.85. The number of aliphatic hydroxyl groups is 1. The van der Waals surface area contributed by atoms with Gasteiger partial charge >= 0.3 is 0 Å². The molecule has 0 aromatic heterocycles. The van der Waals surface area contributed by atoms with E-state index in [4.69, 9.17) is 0 Å². The first-order valence-electron chi connectivity index (χ1n) is 5.83. The second kappa shape index (κ2) is 6.43. The summed E-state index contributed by atoms with van der Waals surface area (Å²) < 4.78 is 0. The van der Waals surface area contributed by atoms with Crippen molar-refractivity contribution in [2.75, 3.05) is 47.3 Å². The molecule has 1 fully saturated rings. The van der Waals surface area contributed by atoms with E-state index in [-0.39, 0.29) is 6.10 Å². The van der Waals surface area contributed by atoms with Crippen LogP contribution < -0.4 is 5.32 Å². The van der Waals surface area contributed by atoms with Crippen LogP contribution in [-0.2, 0) is 0 Å². The lowest BCUT2D eigenvalue weighted by Gasteiger charge is -2.21. The third-order valence-electron chi connectivity index (χ3n) is 3.01. The molecule has 2 unspecified atom stereocenters. The van der Waals surface area contributed by atoms with Gasteiger partial charge in [-0.05, 0) is 40.5 Å². The summed E-state index contributed by atoms with van der Waals surface area (Å²) in [6.07, 6.45) is 2.34. The van der Waals surface area contributed by atoms with Crippen LogP contribution >= 0.6 is 0 Å². The maximum atomic E-state index is 9.64. The Hall–Kier alpha value is -0.160. The quantitative estimate of drug-likeness (QED) is 0.632. The topological polar surface area (TPSA) is 38.7 Å². The minimum Gasteiger partial charge on any atom is -0.390 e. The molecular weight excluding hydrogens is 190 g/mol.